The Bertz CT molecular complexity index is 289. The predicted molar refractivity (Wildman–Crippen MR) is 52.1 cm³/mol. The fourth-order valence-electron chi connectivity index (χ4n) is 1.64. The molecule has 14 heavy (non-hydrogen) atoms. The van der Waals surface area contributed by atoms with Gasteiger partial charge < -0.3 is 15.1 Å². The number of rotatable bonds is 2. The minimum Gasteiger partial charge on any atom is -0.472 e. The van der Waals surface area contributed by atoms with E-state index in [1.54, 1.807) is 6.07 Å². The molecule has 4 heteroatoms. The van der Waals surface area contributed by atoms with Gasteiger partial charge in [-0.2, -0.15) is 0 Å². The van der Waals surface area contributed by atoms with Crippen molar-refractivity contribution in [1.29, 1.82) is 0 Å². The van der Waals surface area contributed by atoms with Crippen molar-refractivity contribution in [2.75, 3.05) is 13.1 Å². The number of amides is 1. The third-order valence-corrected chi connectivity index (χ3v) is 2.42. The average Bonchev–Trinajstić information content (AvgIpc) is 2.72. The van der Waals surface area contributed by atoms with E-state index in [1.807, 2.05) is 0 Å². The van der Waals surface area contributed by atoms with Crippen LogP contribution in [0.5, 0.6) is 0 Å². The van der Waals surface area contributed by atoms with Gasteiger partial charge in [-0.05, 0) is 25.5 Å². The highest BCUT2D eigenvalue weighted by Gasteiger charge is 2.16. The zero-order valence-electron chi connectivity index (χ0n) is 7.95. The Hall–Kier alpha value is -1.29. The second kappa shape index (κ2) is 4.28. The van der Waals surface area contributed by atoms with Gasteiger partial charge in [0, 0.05) is 12.6 Å². The van der Waals surface area contributed by atoms with Gasteiger partial charge >= 0.3 is 0 Å². The summed E-state index contributed by atoms with van der Waals surface area (Å²) in [5, 5.41) is 6.21. The molecule has 0 aliphatic carbocycles. The molecule has 76 valence electrons. The topological polar surface area (TPSA) is 54.3 Å². The Labute approximate surface area is 82.7 Å². The Morgan fingerprint density at radius 3 is 3.21 bits per heavy atom. The van der Waals surface area contributed by atoms with E-state index in [0.717, 1.165) is 25.9 Å². The van der Waals surface area contributed by atoms with Crippen molar-refractivity contribution in [3.63, 3.8) is 0 Å². The summed E-state index contributed by atoms with van der Waals surface area (Å²) in [5.74, 6) is -0.0487. The fourth-order valence-corrected chi connectivity index (χ4v) is 1.64. The minimum absolute atomic E-state index is 0.0487. The smallest absolute Gasteiger partial charge is 0.254 e. The van der Waals surface area contributed by atoms with Gasteiger partial charge in [-0.25, -0.2) is 0 Å². The molecule has 0 radical (unpaired) electrons. The molecule has 1 aliphatic rings. The van der Waals surface area contributed by atoms with Gasteiger partial charge in [-0.15, -0.1) is 0 Å². The molecule has 0 spiro atoms. The summed E-state index contributed by atoms with van der Waals surface area (Å²) in [4.78, 5) is 11.6. The summed E-state index contributed by atoms with van der Waals surface area (Å²) in [6, 6.07) is 1.93. The fraction of sp³-hybridized carbons (Fsp3) is 0.500. The highest BCUT2D eigenvalue weighted by Crippen LogP contribution is 2.04. The van der Waals surface area contributed by atoms with Crippen molar-refractivity contribution in [2.45, 2.75) is 18.9 Å². The summed E-state index contributed by atoms with van der Waals surface area (Å²) in [6.07, 6.45) is 5.15. The van der Waals surface area contributed by atoms with Crippen LogP contribution in [0.1, 0.15) is 23.2 Å². The van der Waals surface area contributed by atoms with Crippen LogP contribution in [0.3, 0.4) is 0 Å². The lowest BCUT2D eigenvalue weighted by Gasteiger charge is -2.23. The van der Waals surface area contributed by atoms with Crippen LogP contribution in [0, 0.1) is 0 Å². The van der Waals surface area contributed by atoms with Crippen LogP contribution in [0.2, 0.25) is 0 Å². The molecule has 1 fully saturated rings. The average molecular weight is 194 g/mol. The summed E-state index contributed by atoms with van der Waals surface area (Å²) >= 11 is 0. The van der Waals surface area contributed by atoms with Gasteiger partial charge in [-0.1, -0.05) is 0 Å². The van der Waals surface area contributed by atoms with Gasteiger partial charge in [0.1, 0.15) is 6.26 Å². The lowest BCUT2D eigenvalue weighted by Crippen LogP contribution is -2.45. The molecule has 1 unspecified atom stereocenters. The summed E-state index contributed by atoms with van der Waals surface area (Å²) in [7, 11) is 0. The molecule has 2 N–H and O–H groups in total. The molecular weight excluding hydrogens is 180 g/mol. The molecule has 1 aliphatic heterocycles. The highest BCUT2D eigenvalue weighted by molar-refractivity contribution is 5.93. The maximum atomic E-state index is 11.6. The largest absolute Gasteiger partial charge is 0.472 e. The first kappa shape index (κ1) is 9.27. The number of hydrogen-bond donors (Lipinski definition) is 2. The molecule has 1 amide bonds. The molecule has 1 aromatic heterocycles. The van der Waals surface area contributed by atoms with Crippen LogP contribution in [0.4, 0.5) is 0 Å². The molecule has 1 saturated heterocycles. The monoisotopic (exact) mass is 194 g/mol. The van der Waals surface area contributed by atoms with Gasteiger partial charge in [-0.3, -0.25) is 4.79 Å². The van der Waals surface area contributed by atoms with E-state index >= 15 is 0 Å². The molecule has 0 bridgehead atoms. The van der Waals surface area contributed by atoms with Gasteiger partial charge in [0.25, 0.3) is 5.91 Å². The van der Waals surface area contributed by atoms with Crippen LogP contribution in [-0.4, -0.2) is 25.0 Å². The van der Waals surface area contributed by atoms with E-state index in [1.165, 1.54) is 12.5 Å². The maximum Gasteiger partial charge on any atom is 0.254 e. The Morgan fingerprint density at radius 1 is 1.64 bits per heavy atom. The zero-order chi connectivity index (χ0) is 9.80. The van der Waals surface area contributed by atoms with Crippen LogP contribution in [-0.2, 0) is 0 Å². The maximum absolute atomic E-state index is 11.6. The predicted octanol–water partition coefficient (Wildman–Crippen LogP) is 0.761. The van der Waals surface area contributed by atoms with Gasteiger partial charge in [0.2, 0.25) is 0 Å². The standard InChI is InChI=1S/C10H14N2O2/c13-10(8-3-5-14-7-8)12-9-2-1-4-11-6-9/h3,5,7,9,11H,1-2,4,6H2,(H,12,13). The van der Waals surface area contributed by atoms with E-state index in [0.29, 0.717) is 5.56 Å². The normalized spacial score (nSPS) is 21.9. The van der Waals surface area contributed by atoms with E-state index in [4.69, 9.17) is 4.42 Å². The number of nitrogens with one attached hydrogen (secondary N) is 2. The summed E-state index contributed by atoms with van der Waals surface area (Å²) in [5.41, 5.74) is 0.593. The Morgan fingerprint density at radius 2 is 2.57 bits per heavy atom. The first-order valence-corrected chi connectivity index (χ1v) is 4.90. The van der Waals surface area contributed by atoms with Crippen molar-refractivity contribution >= 4 is 5.91 Å². The van der Waals surface area contributed by atoms with Crippen molar-refractivity contribution in [3.8, 4) is 0 Å². The minimum atomic E-state index is -0.0487. The number of carbonyl (C=O) groups is 1. The van der Waals surface area contributed by atoms with Crippen LogP contribution >= 0.6 is 0 Å². The third-order valence-electron chi connectivity index (χ3n) is 2.42. The van der Waals surface area contributed by atoms with E-state index in [2.05, 4.69) is 10.6 Å². The van der Waals surface area contributed by atoms with Crippen molar-refractivity contribution in [2.24, 2.45) is 0 Å². The lowest BCUT2D eigenvalue weighted by atomic mass is 10.1. The van der Waals surface area contributed by atoms with E-state index in [9.17, 15) is 4.79 Å². The summed E-state index contributed by atoms with van der Waals surface area (Å²) in [6.45, 7) is 1.92. The Balaban J connectivity index is 1.87. The first-order chi connectivity index (χ1) is 6.86. The number of hydrogen-bond acceptors (Lipinski definition) is 3. The second-order valence-corrected chi connectivity index (χ2v) is 3.53. The van der Waals surface area contributed by atoms with Crippen LogP contribution in [0.25, 0.3) is 0 Å². The van der Waals surface area contributed by atoms with Crippen molar-refractivity contribution < 1.29 is 9.21 Å². The van der Waals surface area contributed by atoms with Crippen LogP contribution in [0.15, 0.2) is 23.0 Å². The number of piperidine rings is 1. The third kappa shape index (κ3) is 2.14. The van der Waals surface area contributed by atoms with Crippen molar-refractivity contribution in [1.82, 2.24) is 10.6 Å². The van der Waals surface area contributed by atoms with E-state index in [-0.39, 0.29) is 11.9 Å². The van der Waals surface area contributed by atoms with Gasteiger partial charge in [0.15, 0.2) is 0 Å². The molecule has 0 saturated carbocycles. The van der Waals surface area contributed by atoms with Crippen LogP contribution < -0.4 is 10.6 Å². The first-order valence-electron chi connectivity index (χ1n) is 4.90. The second-order valence-electron chi connectivity index (χ2n) is 3.53. The molecule has 0 aromatic carbocycles. The van der Waals surface area contributed by atoms with E-state index < -0.39 is 0 Å². The molecule has 4 nitrogen and oxygen atoms in total. The van der Waals surface area contributed by atoms with Gasteiger partial charge in [0.05, 0.1) is 11.8 Å². The number of carbonyl (C=O) groups excluding carboxylic acids is 1. The lowest BCUT2D eigenvalue weighted by molar-refractivity contribution is 0.0930. The number of furan rings is 1. The van der Waals surface area contributed by atoms with Crippen molar-refractivity contribution in [3.05, 3.63) is 24.2 Å². The molecule has 2 rings (SSSR count). The zero-order valence-corrected chi connectivity index (χ0v) is 7.95. The Kier molecular flexibility index (Phi) is 2.84. The SMILES string of the molecule is O=C(NC1CCCNC1)c1ccoc1. The molecular formula is C10H14N2O2. The molecule has 2 heterocycles. The molecule has 1 atom stereocenters. The molecule has 1 aromatic rings. The summed E-state index contributed by atoms with van der Waals surface area (Å²) < 4.78 is 4.85. The quantitative estimate of drug-likeness (QED) is 0.730. The highest BCUT2D eigenvalue weighted by atomic mass is 16.3.